The van der Waals surface area contributed by atoms with Gasteiger partial charge in [0.2, 0.25) is 0 Å². The molecule has 2 aromatic carbocycles. The van der Waals surface area contributed by atoms with Crippen molar-refractivity contribution in [2.24, 2.45) is 23.7 Å². The van der Waals surface area contributed by atoms with E-state index in [1.807, 2.05) is 25.1 Å². The van der Waals surface area contributed by atoms with Gasteiger partial charge in [-0.3, -0.25) is 0 Å². The van der Waals surface area contributed by atoms with Gasteiger partial charge in [0.25, 0.3) is 0 Å². The van der Waals surface area contributed by atoms with Crippen LogP contribution in [0, 0.1) is 23.7 Å². The van der Waals surface area contributed by atoms with Gasteiger partial charge in [-0.2, -0.15) is 0 Å². The fraction of sp³-hybridized carbons (Fsp3) is 0.538. The van der Waals surface area contributed by atoms with Crippen LogP contribution in [0.25, 0.3) is 0 Å². The molecule has 6 rings (SSSR count). The summed E-state index contributed by atoms with van der Waals surface area (Å²) in [4.78, 5) is 0. The Morgan fingerprint density at radius 3 is 2.23 bits per heavy atom. The van der Waals surface area contributed by atoms with E-state index in [0.29, 0.717) is 19.3 Å². The first-order valence-electron chi connectivity index (χ1n) is 11.5. The van der Waals surface area contributed by atoms with Crippen molar-refractivity contribution in [2.45, 2.75) is 58.2 Å². The van der Waals surface area contributed by atoms with Gasteiger partial charge in [0.05, 0.1) is 6.61 Å². The number of halogens is 1. The molecule has 4 fully saturated rings. The summed E-state index contributed by atoms with van der Waals surface area (Å²) in [7, 11) is 0. The van der Waals surface area contributed by atoms with E-state index in [1.165, 1.54) is 37.7 Å². The Labute approximate surface area is 188 Å². The van der Waals surface area contributed by atoms with Gasteiger partial charge in [0.15, 0.2) is 11.5 Å². The van der Waals surface area contributed by atoms with Gasteiger partial charge in [-0.25, -0.2) is 0 Å². The number of hydrogen-bond donors (Lipinski definition) is 1. The zero-order valence-corrected chi connectivity index (χ0v) is 19.4. The van der Waals surface area contributed by atoms with Gasteiger partial charge < -0.3 is 14.8 Å². The number of hydrogen-bond acceptors (Lipinski definition) is 3. The van der Waals surface area contributed by atoms with Crippen molar-refractivity contribution in [3.8, 4) is 11.5 Å². The molecule has 0 spiro atoms. The van der Waals surface area contributed by atoms with Gasteiger partial charge in [-0.05, 0) is 86.0 Å². The number of ether oxygens (including phenoxy) is 2. The summed E-state index contributed by atoms with van der Waals surface area (Å²) in [6.07, 6.45) is 7.29. The van der Waals surface area contributed by atoms with Gasteiger partial charge in [-0.15, -0.1) is 0 Å². The largest absolute Gasteiger partial charge is 0.490 e. The lowest BCUT2D eigenvalue weighted by molar-refractivity contribution is -0.0142. The van der Waals surface area contributed by atoms with Crippen LogP contribution < -0.4 is 14.8 Å². The zero-order valence-electron chi connectivity index (χ0n) is 17.8. The van der Waals surface area contributed by atoms with E-state index in [4.69, 9.17) is 9.47 Å². The minimum Gasteiger partial charge on any atom is -0.490 e. The fourth-order valence-corrected chi connectivity index (χ4v) is 6.78. The predicted octanol–water partition coefficient (Wildman–Crippen LogP) is 6.34. The van der Waals surface area contributed by atoms with Crippen molar-refractivity contribution in [1.82, 2.24) is 5.32 Å². The lowest BCUT2D eigenvalue weighted by Crippen LogP contribution is -2.54. The highest BCUT2D eigenvalue weighted by atomic mass is 79.9. The lowest BCUT2D eigenvalue weighted by Gasteiger charge is -2.54. The average Bonchev–Trinajstić information content (AvgIpc) is 2.74. The Balaban J connectivity index is 1.27. The van der Waals surface area contributed by atoms with Gasteiger partial charge in [0.1, 0.15) is 6.61 Å². The molecule has 4 heteroatoms. The summed E-state index contributed by atoms with van der Waals surface area (Å²) < 4.78 is 13.1. The minimum atomic E-state index is 0.540. The van der Waals surface area contributed by atoms with Gasteiger partial charge in [-0.1, -0.05) is 46.3 Å². The highest BCUT2D eigenvalue weighted by molar-refractivity contribution is 9.10. The third-order valence-corrected chi connectivity index (χ3v) is 8.14. The molecule has 30 heavy (non-hydrogen) atoms. The molecule has 0 atom stereocenters. The first-order chi connectivity index (χ1) is 14.7. The van der Waals surface area contributed by atoms with Crippen LogP contribution >= 0.6 is 15.9 Å². The maximum absolute atomic E-state index is 6.11. The van der Waals surface area contributed by atoms with Crippen molar-refractivity contribution in [2.75, 3.05) is 6.61 Å². The van der Waals surface area contributed by atoms with Crippen LogP contribution in [0.15, 0.2) is 46.9 Å². The Morgan fingerprint density at radius 1 is 0.900 bits per heavy atom. The van der Waals surface area contributed by atoms with Crippen molar-refractivity contribution >= 4 is 15.9 Å². The Bertz CT molecular complexity index is 841. The molecular formula is C26H32BrNO2. The van der Waals surface area contributed by atoms with Crippen molar-refractivity contribution < 1.29 is 9.47 Å². The second kappa shape index (κ2) is 8.92. The molecule has 0 amide bonds. The molecule has 4 aliphatic rings. The van der Waals surface area contributed by atoms with E-state index in [9.17, 15) is 0 Å². The normalized spacial score (nSPS) is 29.2. The molecular weight excluding hydrogens is 438 g/mol. The van der Waals surface area contributed by atoms with E-state index in [0.717, 1.165) is 51.8 Å². The molecule has 4 saturated carbocycles. The molecule has 4 aliphatic carbocycles. The molecule has 0 aliphatic heterocycles. The summed E-state index contributed by atoms with van der Waals surface area (Å²) in [5.41, 5.74) is 2.41. The zero-order chi connectivity index (χ0) is 20.5. The monoisotopic (exact) mass is 469 g/mol. The van der Waals surface area contributed by atoms with Crippen LogP contribution in [0.4, 0.5) is 0 Å². The Morgan fingerprint density at radius 2 is 1.57 bits per heavy atom. The molecule has 4 bridgehead atoms. The summed E-state index contributed by atoms with van der Waals surface area (Å²) in [6, 6.07) is 15.2. The first-order valence-corrected chi connectivity index (χ1v) is 12.3. The molecule has 2 aromatic rings. The Kier molecular flexibility index (Phi) is 6.06. The summed E-state index contributed by atoms with van der Waals surface area (Å²) in [6.45, 7) is 4.08. The van der Waals surface area contributed by atoms with E-state index < -0.39 is 0 Å². The second-order valence-electron chi connectivity index (χ2n) is 9.44. The van der Waals surface area contributed by atoms with Crippen molar-refractivity contribution in [3.05, 3.63) is 58.1 Å². The summed E-state index contributed by atoms with van der Waals surface area (Å²) in [5, 5.41) is 3.94. The molecule has 0 aromatic heterocycles. The standard InChI is InChI=1S/C26H32BrNO2/c1-2-29-24-13-22(23(27)14-25(24)30-16-17-6-4-3-5-7-17)15-28-26-20-9-18-8-19(11-20)12-21(26)10-18/h3-7,13-14,18-21,26,28H,2,8-12,15-16H2,1H3. The second-order valence-corrected chi connectivity index (χ2v) is 10.3. The minimum absolute atomic E-state index is 0.540. The average molecular weight is 470 g/mol. The van der Waals surface area contributed by atoms with Crippen molar-refractivity contribution in [1.29, 1.82) is 0 Å². The quantitative estimate of drug-likeness (QED) is 0.488. The molecule has 0 saturated heterocycles. The number of nitrogens with one attached hydrogen (secondary N) is 1. The van der Waals surface area contributed by atoms with E-state index in [1.54, 1.807) is 0 Å². The third kappa shape index (κ3) is 4.27. The Hall–Kier alpha value is -1.52. The molecule has 160 valence electrons. The van der Waals surface area contributed by atoms with Crippen LogP contribution in [-0.2, 0) is 13.2 Å². The van der Waals surface area contributed by atoms with Crippen LogP contribution in [0.3, 0.4) is 0 Å². The highest BCUT2D eigenvalue weighted by Gasteiger charge is 2.47. The molecule has 0 unspecified atom stereocenters. The SMILES string of the molecule is CCOc1cc(CNC2C3CC4CC(C3)CC2C4)c(Br)cc1OCc1ccccc1. The maximum Gasteiger partial charge on any atom is 0.162 e. The van der Waals surface area contributed by atoms with Gasteiger partial charge in [0, 0.05) is 17.1 Å². The highest BCUT2D eigenvalue weighted by Crippen LogP contribution is 2.53. The topological polar surface area (TPSA) is 30.5 Å². The predicted molar refractivity (Wildman–Crippen MR) is 124 cm³/mol. The van der Waals surface area contributed by atoms with Crippen LogP contribution in [0.2, 0.25) is 0 Å². The van der Waals surface area contributed by atoms with Crippen molar-refractivity contribution in [3.63, 3.8) is 0 Å². The molecule has 1 N–H and O–H groups in total. The maximum atomic E-state index is 6.11. The molecule has 0 radical (unpaired) electrons. The van der Waals surface area contributed by atoms with E-state index in [-0.39, 0.29) is 0 Å². The fourth-order valence-electron chi connectivity index (χ4n) is 6.32. The molecule has 0 heterocycles. The summed E-state index contributed by atoms with van der Waals surface area (Å²) >= 11 is 3.79. The van der Waals surface area contributed by atoms with E-state index >= 15 is 0 Å². The first kappa shape index (κ1) is 20.4. The number of rotatable bonds is 8. The van der Waals surface area contributed by atoms with Gasteiger partial charge >= 0.3 is 0 Å². The molecule has 3 nitrogen and oxygen atoms in total. The smallest absolute Gasteiger partial charge is 0.162 e. The summed E-state index contributed by atoms with van der Waals surface area (Å²) in [5.74, 6) is 5.44. The van der Waals surface area contributed by atoms with E-state index in [2.05, 4.69) is 45.5 Å². The third-order valence-electron chi connectivity index (χ3n) is 7.40. The number of benzene rings is 2. The van der Waals surface area contributed by atoms with Crippen LogP contribution in [-0.4, -0.2) is 12.6 Å². The lowest BCUT2D eigenvalue weighted by atomic mass is 9.54. The van der Waals surface area contributed by atoms with Crippen LogP contribution in [0.5, 0.6) is 11.5 Å². The van der Waals surface area contributed by atoms with Crippen LogP contribution in [0.1, 0.15) is 50.2 Å².